The number of sulfone groups is 2. The van der Waals surface area contributed by atoms with Crippen molar-refractivity contribution in [3.63, 3.8) is 0 Å². The fraction of sp³-hybridized carbons (Fsp3) is 0.200. The van der Waals surface area contributed by atoms with E-state index in [0.717, 1.165) is 5.56 Å². The highest BCUT2D eigenvalue weighted by molar-refractivity contribution is 7.91. The van der Waals surface area contributed by atoms with Gasteiger partial charge in [-0.1, -0.05) is 46.2 Å². The molecule has 8 heteroatoms. The Morgan fingerprint density at radius 1 is 0.579 bits per heavy atom. The molecule has 0 unspecified atom stereocenters. The first kappa shape index (κ1) is 28.9. The van der Waals surface area contributed by atoms with Gasteiger partial charge in [0.05, 0.1) is 19.6 Å². The summed E-state index contributed by atoms with van der Waals surface area (Å²) in [4.78, 5) is 0.526. The van der Waals surface area contributed by atoms with E-state index in [-0.39, 0.29) is 25.3 Å². The Bertz CT molecular complexity index is 1540. The molecule has 6 nitrogen and oxygen atoms in total. The molecule has 200 valence electrons. The Balaban J connectivity index is 0.00000127. The Morgan fingerprint density at radius 2 is 0.868 bits per heavy atom. The van der Waals surface area contributed by atoms with Crippen molar-refractivity contribution >= 4 is 19.7 Å². The Hall–Kier alpha value is -3.62. The van der Waals surface area contributed by atoms with Crippen molar-refractivity contribution < 1.29 is 26.7 Å². The normalized spacial score (nSPS) is 11.5. The van der Waals surface area contributed by atoms with Gasteiger partial charge in [-0.2, -0.15) is 0 Å². The van der Waals surface area contributed by atoms with Crippen LogP contribution in [0.25, 0.3) is 0 Å². The van der Waals surface area contributed by atoms with Crippen LogP contribution in [0.2, 0.25) is 0 Å². The molecule has 1 N–H and O–H groups in total. The first-order chi connectivity index (χ1) is 18.0. The van der Waals surface area contributed by atoms with Gasteiger partial charge >= 0.3 is 0 Å². The molecule has 4 aromatic rings. The summed E-state index contributed by atoms with van der Waals surface area (Å²) in [5.41, 5.74) is 1.06. The van der Waals surface area contributed by atoms with E-state index in [2.05, 4.69) is 13.8 Å². The quantitative estimate of drug-likeness (QED) is 0.257. The maximum atomic E-state index is 12.9. The minimum absolute atomic E-state index is 0.0180. The second-order valence-electron chi connectivity index (χ2n) is 8.98. The summed E-state index contributed by atoms with van der Waals surface area (Å²) in [5.74, 6) is 1.10. The molecule has 0 aliphatic rings. The lowest BCUT2D eigenvalue weighted by molar-refractivity contribution is 0.474. The third kappa shape index (κ3) is 6.82. The van der Waals surface area contributed by atoms with Gasteiger partial charge in [0, 0.05) is 0 Å². The average molecular weight is 553 g/mol. The number of benzene rings is 4. The largest absolute Gasteiger partial charge is 0.508 e. The Morgan fingerprint density at radius 3 is 1.18 bits per heavy atom. The summed E-state index contributed by atoms with van der Waals surface area (Å²) in [6.07, 6.45) is 1.25. The zero-order valence-corrected chi connectivity index (χ0v) is 23.5. The van der Waals surface area contributed by atoms with E-state index >= 15 is 0 Å². The van der Waals surface area contributed by atoms with Crippen molar-refractivity contribution in [3.8, 4) is 17.2 Å². The number of hydrogen-bond acceptors (Lipinski definition) is 6. The fourth-order valence-corrected chi connectivity index (χ4v) is 5.96. The first-order valence-corrected chi connectivity index (χ1v) is 15.2. The molecule has 0 heterocycles. The summed E-state index contributed by atoms with van der Waals surface area (Å²) < 4.78 is 57.1. The zero-order valence-electron chi connectivity index (χ0n) is 21.8. The molecule has 4 rings (SSSR count). The van der Waals surface area contributed by atoms with Gasteiger partial charge in [0.15, 0.2) is 0 Å². The third-order valence-electron chi connectivity index (χ3n) is 5.51. The Labute approximate surface area is 225 Å². The molecule has 0 aromatic heterocycles. The van der Waals surface area contributed by atoms with Gasteiger partial charge in [0.2, 0.25) is 19.7 Å². The maximum Gasteiger partial charge on any atom is 0.206 e. The highest BCUT2D eigenvalue weighted by atomic mass is 32.2. The van der Waals surface area contributed by atoms with Gasteiger partial charge in [0.1, 0.15) is 17.2 Å². The topological polar surface area (TPSA) is 97.7 Å². The van der Waals surface area contributed by atoms with Crippen molar-refractivity contribution in [1.82, 2.24) is 0 Å². The van der Waals surface area contributed by atoms with Crippen molar-refractivity contribution in [3.05, 3.63) is 103 Å². The van der Waals surface area contributed by atoms with E-state index in [9.17, 15) is 21.9 Å². The number of ether oxygens (including phenoxy) is 1. The number of phenols is 1. The molecule has 0 atom stereocenters. The molecule has 0 amide bonds. The van der Waals surface area contributed by atoms with Crippen LogP contribution < -0.4 is 4.74 Å². The van der Waals surface area contributed by atoms with Crippen LogP contribution in [-0.2, 0) is 19.7 Å². The molecule has 0 saturated carbocycles. The molecule has 0 aliphatic carbocycles. The van der Waals surface area contributed by atoms with Crippen LogP contribution in [-0.4, -0.2) is 21.9 Å². The lowest BCUT2D eigenvalue weighted by atomic mass is 10.0. The minimum atomic E-state index is -3.73. The van der Waals surface area contributed by atoms with Crippen LogP contribution in [0, 0.1) is 0 Å². The molecule has 0 bridgehead atoms. The lowest BCUT2D eigenvalue weighted by Crippen LogP contribution is -2.02. The van der Waals surface area contributed by atoms with Crippen LogP contribution >= 0.6 is 0 Å². The molecule has 0 fully saturated rings. The van der Waals surface area contributed by atoms with Gasteiger partial charge in [-0.15, -0.1) is 0 Å². The van der Waals surface area contributed by atoms with Gasteiger partial charge in [-0.3, -0.25) is 0 Å². The summed E-state index contributed by atoms with van der Waals surface area (Å²) >= 11 is 0. The van der Waals surface area contributed by atoms with E-state index in [4.69, 9.17) is 4.74 Å². The molecule has 4 aromatic carbocycles. The van der Waals surface area contributed by atoms with Crippen LogP contribution in [0.5, 0.6) is 17.2 Å². The van der Waals surface area contributed by atoms with Gasteiger partial charge in [-0.25, -0.2) is 16.8 Å². The number of aromatic hydroxyl groups is 1. The summed E-state index contributed by atoms with van der Waals surface area (Å²) in [5, 5.41) is 9.37. The standard InChI is InChI=1S/C27H24O6S2.C3H8/c1-19(2)20-3-11-24(12-4-20)34(29,30)26-15-7-22(8-16-26)33-23-9-17-27(18-10-23)35(31,32)25-13-5-21(28)6-14-25;1-3-2/h3-19,28H,1-2H3;3H2,1-2H3. The minimum Gasteiger partial charge on any atom is -0.508 e. The zero-order chi connectivity index (χ0) is 27.9. The lowest BCUT2D eigenvalue weighted by Gasteiger charge is -2.10. The fourth-order valence-electron chi connectivity index (χ4n) is 3.44. The van der Waals surface area contributed by atoms with Crippen LogP contribution in [0.3, 0.4) is 0 Å². The smallest absolute Gasteiger partial charge is 0.206 e. The van der Waals surface area contributed by atoms with Gasteiger partial charge in [0.25, 0.3) is 0 Å². The number of rotatable bonds is 7. The molecule has 38 heavy (non-hydrogen) atoms. The van der Waals surface area contributed by atoms with E-state index in [1.54, 1.807) is 24.3 Å². The van der Waals surface area contributed by atoms with Crippen LogP contribution in [0.4, 0.5) is 0 Å². The van der Waals surface area contributed by atoms with Gasteiger partial charge < -0.3 is 9.84 Å². The van der Waals surface area contributed by atoms with Crippen molar-refractivity contribution in [1.29, 1.82) is 0 Å². The van der Waals surface area contributed by atoms with E-state index in [1.807, 2.05) is 26.0 Å². The highest BCUT2D eigenvalue weighted by Crippen LogP contribution is 2.29. The molecule has 0 saturated heterocycles. The molecule has 0 spiro atoms. The Kier molecular flexibility index (Phi) is 9.36. The number of phenolic OH excluding ortho intramolecular Hbond substituents is 1. The predicted molar refractivity (Wildman–Crippen MR) is 148 cm³/mol. The van der Waals surface area contributed by atoms with E-state index < -0.39 is 19.7 Å². The molecular weight excluding hydrogens is 520 g/mol. The predicted octanol–water partition coefficient (Wildman–Crippen LogP) is 7.39. The molecule has 0 aliphatic heterocycles. The molecular formula is C30H32O6S2. The summed E-state index contributed by atoms with van der Waals surface area (Å²) in [6, 6.07) is 24.1. The second kappa shape index (κ2) is 12.3. The first-order valence-electron chi connectivity index (χ1n) is 12.3. The summed E-state index contributed by atoms with van der Waals surface area (Å²) in [7, 11) is -7.39. The maximum absolute atomic E-state index is 12.9. The number of hydrogen-bond donors (Lipinski definition) is 1. The van der Waals surface area contributed by atoms with Crippen LogP contribution in [0.1, 0.15) is 45.6 Å². The second-order valence-corrected chi connectivity index (χ2v) is 12.9. The monoisotopic (exact) mass is 552 g/mol. The van der Waals surface area contributed by atoms with Crippen LogP contribution in [0.15, 0.2) is 117 Å². The van der Waals surface area contributed by atoms with E-state index in [0.29, 0.717) is 17.4 Å². The molecule has 0 radical (unpaired) electrons. The third-order valence-corrected chi connectivity index (χ3v) is 9.08. The van der Waals surface area contributed by atoms with Crippen molar-refractivity contribution in [2.75, 3.05) is 0 Å². The summed E-state index contributed by atoms with van der Waals surface area (Å²) in [6.45, 7) is 8.34. The highest BCUT2D eigenvalue weighted by Gasteiger charge is 2.19. The van der Waals surface area contributed by atoms with Crippen molar-refractivity contribution in [2.24, 2.45) is 0 Å². The average Bonchev–Trinajstić information content (AvgIpc) is 2.90. The van der Waals surface area contributed by atoms with Crippen molar-refractivity contribution in [2.45, 2.75) is 59.6 Å². The van der Waals surface area contributed by atoms with Gasteiger partial charge in [-0.05, 0) is 96.4 Å². The van der Waals surface area contributed by atoms with E-state index in [1.165, 1.54) is 67.1 Å². The SMILES string of the molecule is CC(C)c1ccc(S(=O)(=O)c2ccc(Oc3ccc(S(=O)(=O)c4ccc(O)cc4)cc3)cc2)cc1.CCC.